The first-order chi connectivity index (χ1) is 18.4. The minimum atomic E-state index is -0.497. The van der Waals surface area contributed by atoms with E-state index in [2.05, 4.69) is 20.1 Å². The molecule has 1 fully saturated rings. The van der Waals surface area contributed by atoms with Crippen LogP contribution in [0.25, 0.3) is 11.1 Å². The smallest absolute Gasteiger partial charge is 0.333 e. The maximum Gasteiger partial charge on any atom is 0.333 e. The second-order valence-electron chi connectivity index (χ2n) is 9.61. The molecule has 3 rings (SSSR count). The van der Waals surface area contributed by atoms with Crippen LogP contribution in [0.15, 0.2) is 61.1 Å². The van der Waals surface area contributed by atoms with Gasteiger partial charge >= 0.3 is 5.97 Å². The Bertz CT molecular complexity index is 1090. The van der Waals surface area contributed by atoms with Crippen LogP contribution in [0.3, 0.4) is 0 Å². The monoisotopic (exact) mass is 526 g/mol. The summed E-state index contributed by atoms with van der Waals surface area (Å²) < 4.78 is 42.6. The van der Waals surface area contributed by atoms with Gasteiger partial charge in [-0.05, 0) is 55.3 Å². The van der Waals surface area contributed by atoms with E-state index in [0.29, 0.717) is 54.8 Å². The summed E-state index contributed by atoms with van der Waals surface area (Å²) in [4.78, 5) is 12.0. The van der Waals surface area contributed by atoms with Crippen LogP contribution in [0.5, 0.6) is 11.5 Å². The number of carbonyl (C=O) groups excluding carboxylic acids is 1. The predicted molar refractivity (Wildman–Crippen MR) is 145 cm³/mol. The van der Waals surface area contributed by atoms with Gasteiger partial charge in [-0.25, -0.2) is 9.18 Å². The topological polar surface area (TPSA) is 63.2 Å². The van der Waals surface area contributed by atoms with E-state index >= 15 is 0 Å². The summed E-state index contributed by atoms with van der Waals surface area (Å²) in [7, 11) is 0. The third kappa shape index (κ3) is 9.12. The summed E-state index contributed by atoms with van der Waals surface area (Å²) >= 11 is 0. The molecule has 0 unspecified atom stereocenters. The van der Waals surface area contributed by atoms with Crippen LogP contribution < -0.4 is 9.47 Å². The Hall–Kier alpha value is -3.48. The second-order valence-corrected chi connectivity index (χ2v) is 9.61. The van der Waals surface area contributed by atoms with Gasteiger partial charge in [-0.2, -0.15) is 0 Å². The fourth-order valence-corrected chi connectivity index (χ4v) is 4.00. The van der Waals surface area contributed by atoms with Crippen molar-refractivity contribution < 1.29 is 32.9 Å². The molecule has 0 N–H and O–H groups in total. The molecular formula is C31H39FO6. The average Bonchev–Trinajstić information content (AvgIpc) is 2.91. The van der Waals surface area contributed by atoms with Crippen LogP contribution in [0, 0.1) is 11.7 Å². The zero-order chi connectivity index (χ0) is 27.3. The molecule has 206 valence electrons. The van der Waals surface area contributed by atoms with Crippen molar-refractivity contribution in [2.75, 3.05) is 26.4 Å². The van der Waals surface area contributed by atoms with Crippen LogP contribution in [-0.2, 0) is 25.6 Å². The van der Waals surface area contributed by atoms with Crippen molar-refractivity contribution in [2.24, 2.45) is 5.92 Å². The fourth-order valence-electron chi connectivity index (χ4n) is 4.00. The van der Waals surface area contributed by atoms with Gasteiger partial charge in [0.15, 0.2) is 11.6 Å². The van der Waals surface area contributed by atoms with Gasteiger partial charge in [-0.15, -0.1) is 0 Å². The van der Waals surface area contributed by atoms with Crippen molar-refractivity contribution in [1.29, 1.82) is 0 Å². The van der Waals surface area contributed by atoms with Crippen molar-refractivity contribution >= 4 is 5.97 Å². The number of unbranched alkanes of at least 4 members (excludes halogenated alkanes) is 5. The van der Waals surface area contributed by atoms with E-state index in [-0.39, 0.29) is 18.3 Å². The van der Waals surface area contributed by atoms with Gasteiger partial charge in [-0.3, -0.25) is 0 Å². The quantitative estimate of drug-likeness (QED) is 0.137. The summed E-state index contributed by atoms with van der Waals surface area (Å²) in [6.45, 7) is 12.8. The number of hydrogen-bond donors (Lipinski definition) is 0. The van der Waals surface area contributed by atoms with Crippen LogP contribution in [0.1, 0.15) is 57.9 Å². The maximum atomic E-state index is 14.9. The summed E-state index contributed by atoms with van der Waals surface area (Å²) in [6, 6.07) is 10.3. The maximum absolute atomic E-state index is 14.9. The molecular weight excluding hydrogens is 487 g/mol. The van der Waals surface area contributed by atoms with Gasteiger partial charge in [0.1, 0.15) is 25.6 Å². The lowest BCUT2D eigenvalue weighted by atomic mass is 9.99. The number of carbonyl (C=O) groups is 1. The normalized spacial score (nSPS) is 13.4. The number of benzene rings is 2. The number of hydrogen-bond acceptors (Lipinski definition) is 6. The minimum Gasteiger partial charge on any atom is -0.493 e. The molecule has 0 amide bonds. The number of ether oxygens (including phenoxy) is 5. The van der Waals surface area contributed by atoms with Crippen LogP contribution >= 0.6 is 0 Å². The number of esters is 1. The van der Waals surface area contributed by atoms with E-state index < -0.39 is 11.8 Å². The lowest BCUT2D eigenvalue weighted by Gasteiger charge is -2.24. The summed E-state index contributed by atoms with van der Waals surface area (Å²) in [5.41, 5.74) is 2.36. The van der Waals surface area contributed by atoms with Crippen LogP contribution in [0.4, 0.5) is 4.39 Å². The first-order valence-electron chi connectivity index (χ1n) is 13.3. The number of halogens is 1. The average molecular weight is 527 g/mol. The molecule has 38 heavy (non-hydrogen) atoms. The highest BCUT2D eigenvalue weighted by Gasteiger charge is 2.19. The number of rotatable bonds is 15. The third-order valence-corrected chi connectivity index (χ3v) is 6.23. The highest BCUT2D eigenvalue weighted by atomic mass is 19.1. The van der Waals surface area contributed by atoms with Crippen molar-refractivity contribution in [2.45, 2.75) is 59.0 Å². The zero-order valence-electron chi connectivity index (χ0n) is 22.6. The molecule has 0 aliphatic carbocycles. The minimum absolute atomic E-state index is 0.00833. The van der Waals surface area contributed by atoms with E-state index in [1.165, 1.54) is 31.7 Å². The summed E-state index contributed by atoms with van der Waals surface area (Å²) in [6.07, 6.45) is 6.85. The largest absolute Gasteiger partial charge is 0.493 e. The highest BCUT2D eigenvalue weighted by molar-refractivity contribution is 5.87. The molecule has 1 saturated heterocycles. The molecule has 0 saturated carbocycles. The third-order valence-electron chi connectivity index (χ3n) is 6.23. The Morgan fingerprint density at radius 1 is 1.03 bits per heavy atom. The molecule has 0 spiro atoms. The molecule has 0 radical (unpaired) electrons. The Morgan fingerprint density at radius 3 is 2.47 bits per heavy atom. The van der Waals surface area contributed by atoms with Crippen LogP contribution in [-0.4, -0.2) is 32.4 Å². The predicted octanol–water partition coefficient (Wildman–Crippen LogP) is 7.36. The molecule has 6 nitrogen and oxygen atoms in total. The summed E-state index contributed by atoms with van der Waals surface area (Å²) in [5.74, 6) is 0.276. The van der Waals surface area contributed by atoms with E-state index in [1.807, 2.05) is 18.2 Å². The first-order valence-corrected chi connectivity index (χ1v) is 13.3. The van der Waals surface area contributed by atoms with E-state index in [4.69, 9.17) is 23.7 Å². The molecule has 1 aliphatic rings. The van der Waals surface area contributed by atoms with Crippen molar-refractivity contribution in [1.82, 2.24) is 0 Å². The Morgan fingerprint density at radius 2 is 1.76 bits per heavy atom. The van der Waals surface area contributed by atoms with Gasteiger partial charge in [0, 0.05) is 11.1 Å². The Balaban J connectivity index is 1.68. The molecule has 0 bridgehead atoms. The van der Waals surface area contributed by atoms with Crippen molar-refractivity contribution in [3.63, 3.8) is 0 Å². The first kappa shape index (κ1) is 29.1. The van der Waals surface area contributed by atoms with Crippen molar-refractivity contribution in [3.05, 3.63) is 72.5 Å². The van der Waals surface area contributed by atoms with Crippen molar-refractivity contribution in [3.8, 4) is 22.6 Å². The second kappa shape index (κ2) is 15.1. The molecule has 7 heteroatoms. The lowest BCUT2D eigenvalue weighted by molar-refractivity contribution is -0.140. The van der Waals surface area contributed by atoms with Gasteiger partial charge < -0.3 is 23.7 Å². The molecule has 0 aromatic heterocycles. The SMILES string of the molecule is C=C1OCC(COc2ccc(-c3ccc(OCCCCCCCC)c(F)c3)c(COC(=O)C(=C)C)c2)CO1. The highest BCUT2D eigenvalue weighted by Crippen LogP contribution is 2.32. The van der Waals surface area contributed by atoms with Gasteiger partial charge in [0.25, 0.3) is 5.95 Å². The van der Waals surface area contributed by atoms with E-state index in [0.717, 1.165) is 18.4 Å². The molecule has 1 heterocycles. The van der Waals surface area contributed by atoms with Gasteiger partial charge in [-0.1, -0.05) is 57.7 Å². The molecule has 1 aliphatic heterocycles. The molecule has 2 aromatic carbocycles. The Kier molecular flexibility index (Phi) is 11.5. The fraction of sp³-hybridized carbons (Fsp3) is 0.452. The summed E-state index contributed by atoms with van der Waals surface area (Å²) in [5, 5.41) is 0. The lowest BCUT2D eigenvalue weighted by Crippen LogP contribution is -2.27. The standard InChI is InChI=1S/C31H39FO6/c1-5-6-7-8-9-10-15-34-30-14-11-25(17-29(30)32)28-13-12-27(16-26(28)21-38-31(33)22(2)3)37-20-24-18-35-23(4)36-19-24/h11-14,16-17,24H,2,4-10,15,18-21H2,1,3H3. The Labute approximate surface area is 225 Å². The molecule has 2 aromatic rings. The molecule has 0 atom stereocenters. The zero-order valence-corrected chi connectivity index (χ0v) is 22.6. The van der Waals surface area contributed by atoms with Gasteiger partial charge in [0.2, 0.25) is 0 Å². The van der Waals surface area contributed by atoms with E-state index in [9.17, 15) is 9.18 Å². The van der Waals surface area contributed by atoms with Crippen LogP contribution in [0.2, 0.25) is 0 Å². The van der Waals surface area contributed by atoms with Gasteiger partial charge in [0.05, 0.1) is 19.1 Å². The van der Waals surface area contributed by atoms with E-state index in [1.54, 1.807) is 19.1 Å².